The van der Waals surface area contributed by atoms with Gasteiger partial charge in [0.15, 0.2) is 12.6 Å². The standard InChI is InChI=1S/C44H62O22/c1-7-23-25(27(39(55)57-5)19-61-41(23)65-43-37(53)35(51)33(49)29(16-45)63-43)14-31(47)59-13-12-21(3)10-9-11-22(4)18-60-32(48)15-26-24(8-2)42(62-20-28(26)40(56)58-6)66-44-38(54)36(52)34(50)30(17-46)64-44/h7-8,11-12,19-20,25-26,29-30,33-38,41-46,49-54H,9-10,13-18H2,1-6H3. The zero-order chi connectivity index (χ0) is 48.8. The molecule has 14 atom stereocenters. The lowest BCUT2D eigenvalue weighted by atomic mass is 9.86. The van der Waals surface area contributed by atoms with E-state index in [1.54, 1.807) is 26.8 Å². The molecule has 2 saturated heterocycles. The molecule has 4 aliphatic rings. The van der Waals surface area contributed by atoms with E-state index in [1.807, 2.05) is 13.0 Å². The van der Waals surface area contributed by atoms with Crippen molar-refractivity contribution in [2.75, 3.05) is 40.6 Å². The third-order valence-corrected chi connectivity index (χ3v) is 11.4. The monoisotopic (exact) mass is 942 g/mol. The van der Waals surface area contributed by atoms with E-state index in [9.17, 15) is 60.0 Å². The summed E-state index contributed by atoms with van der Waals surface area (Å²) in [6, 6.07) is 0. The van der Waals surface area contributed by atoms with Crippen molar-refractivity contribution in [2.45, 2.75) is 127 Å². The Bertz CT molecular complexity index is 1860. The molecule has 0 bridgehead atoms. The fourth-order valence-electron chi connectivity index (χ4n) is 7.48. The van der Waals surface area contributed by atoms with Crippen LogP contribution >= 0.6 is 0 Å². The number of hydrogen-bond acceptors (Lipinski definition) is 22. The first-order valence-electron chi connectivity index (χ1n) is 21.2. The highest BCUT2D eigenvalue weighted by atomic mass is 16.8. The Kier molecular flexibility index (Phi) is 20.9. The maximum atomic E-state index is 13.2. The van der Waals surface area contributed by atoms with E-state index in [-0.39, 0.29) is 48.3 Å². The summed E-state index contributed by atoms with van der Waals surface area (Å²) in [5.41, 5.74) is 2.10. The lowest BCUT2D eigenvalue weighted by Gasteiger charge is -2.41. The van der Waals surface area contributed by atoms with Crippen molar-refractivity contribution in [1.82, 2.24) is 0 Å². The minimum Gasteiger partial charge on any atom is -0.468 e. The van der Waals surface area contributed by atoms with Gasteiger partial charge < -0.3 is 88.2 Å². The van der Waals surface area contributed by atoms with Gasteiger partial charge in [-0.15, -0.1) is 0 Å². The van der Waals surface area contributed by atoms with Crippen LogP contribution in [0.2, 0.25) is 0 Å². The molecule has 4 aliphatic heterocycles. The van der Waals surface area contributed by atoms with Gasteiger partial charge in [-0.1, -0.05) is 23.8 Å². The maximum Gasteiger partial charge on any atom is 0.337 e. The van der Waals surface area contributed by atoms with Crippen LogP contribution < -0.4 is 0 Å². The summed E-state index contributed by atoms with van der Waals surface area (Å²) >= 11 is 0. The molecule has 14 unspecified atom stereocenters. The first-order valence-corrected chi connectivity index (χ1v) is 21.2. The summed E-state index contributed by atoms with van der Waals surface area (Å²) in [5.74, 6) is -4.82. The Balaban J connectivity index is 1.28. The number of methoxy groups -OCH3 is 2. The van der Waals surface area contributed by atoms with Gasteiger partial charge in [-0.05, 0) is 52.2 Å². The largest absolute Gasteiger partial charge is 0.468 e. The molecule has 4 rings (SSSR count). The summed E-state index contributed by atoms with van der Waals surface area (Å²) < 4.78 is 54.4. The van der Waals surface area contributed by atoms with Gasteiger partial charge in [-0.25, -0.2) is 9.59 Å². The smallest absolute Gasteiger partial charge is 0.337 e. The summed E-state index contributed by atoms with van der Waals surface area (Å²) in [5, 5.41) is 80.7. The van der Waals surface area contributed by atoms with E-state index >= 15 is 0 Å². The van der Waals surface area contributed by atoms with Crippen LogP contribution in [-0.2, 0) is 66.5 Å². The van der Waals surface area contributed by atoms with Gasteiger partial charge >= 0.3 is 23.9 Å². The van der Waals surface area contributed by atoms with Crippen LogP contribution in [0.25, 0.3) is 0 Å². The van der Waals surface area contributed by atoms with Crippen molar-refractivity contribution >= 4 is 23.9 Å². The molecule has 22 nitrogen and oxygen atoms in total. The number of aliphatic hydroxyl groups excluding tert-OH is 8. The van der Waals surface area contributed by atoms with Crippen LogP contribution in [0.3, 0.4) is 0 Å². The normalized spacial score (nSPS) is 34.1. The van der Waals surface area contributed by atoms with Crippen LogP contribution in [0.4, 0.5) is 0 Å². The Morgan fingerprint density at radius 3 is 1.47 bits per heavy atom. The molecule has 0 amide bonds. The van der Waals surface area contributed by atoms with Crippen molar-refractivity contribution in [3.05, 3.63) is 70.3 Å². The van der Waals surface area contributed by atoms with Gasteiger partial charge in [-0.2, -0.15) is 0 Å². The van der Waals surface area contributed by atoms with Crippen LogP contribution in [-0.4, -0.2) is 179 Å². The maximum absolute atomic E-state index is 13.2. The number of esters is 4. The molecule has 66 heavy (non-hydrogen) atoms. The second-order valence-electron chi connectivity index (χ2n) is 15.8. The third-order valence-electron chi connectivity index (χ3n) is 11.4. The molecule has 2 fully saturated rings. The molecule has 0 aromatic heterocycles. The van der Waals surface area contributed by atoms with Gasteiger partial charge in [0.2, 0.25) is 12.6 Å². The quantitative estimate of drug-likeness (QED) is 0.0442. The van der Waals surface area contributed by atoms with Crippen LogP contribution in [0.1, 0.15) is 53.4 Å². The highest BCUT2D eigenvalue weighted by molar-refractivity contribution is 5.91. The van der Waals surface area contributed by atoms with Crippen molar-refractivity contribution in [3.63, 3.8) is 0 Å². The average molecular weight is 943 g/mol. The average Bonchev–Trinajstić information content (AvgIpc) is 3.30. The van der Waals surface area contributed by atoms with Crippen molar-refractivity contribution in [3.8, 4) is 0 Å². The second-order valence-corrected chi connectivity index (χ2v) is 15.8. The fourth-order valence-corrected chi connectivity index (χ4v) is 7.48. The fraction of sp³-hybridized carbons (Fsp3) is 0.636. The summed E-state index contributed by atoms with van der Waals surface area (Å²) in [6.07, 6.45) is -9.23. The molecule has 8 N–H and O–H groups in total. The Labute approximate surface area is 380 Å². The first kappa shape index (κ1) is 54.0. The SMILES string of the molecule is CC=C1C(OC2OC(CO)C(O)C(O)C2O)OC=C(C(=O)OC)C1CC(=O)OCC=C(C)CCC=C(C)COC(=O)CC1C(C(=O)OC)=COC(OC2OC(CO)C(O)C(O)C2O)C1=CC. The first-order chi connectivity index (χ1) is 31.4. The van der Waals surface area contributed by atoms with Gasteiger partial charge in [0, 0.05) is 23.0 Å². The minimum atomic E-state index is -1.73. The van der Waals surface area contributed by atoms with Gasteiger partial charge in [0.1, 0.15) is 62.0 Å². The zero-order valence-electron chi connectivity index (χ0n) is 37.5. The number of carbonyl (C=O) groups excluding carboxylic acids is 4. The van der Waals surface area contributed by atoms with E-state index in [1.165, 1.54) is 12.2 Å². The number of ether oxygens (including phenoxy) is 10. The Hall–Kier alpha value is -4.56. The van der Waals surface area contributed by atoms with Gasteiger partial charge in [-0.3, -0.25) is 9.59 Å². The van der Waals surface area contributed by atoms with E-state index in [2.05, 4.69) is 0 Å². The molecule has 0 aliphatic carbocycles. The molecule has 0 aromatic carbocycles. The van der Waals surface area contributed by atoms with Gasteiger partial charge in [0.05, 0.1) is 63.9 Å². The number of aliphatic hydroxyl groups is 8. The van der Waals surface area contributed by atoms with Crippen molar-refractivity contribution in [1.29, 1.82) is 0 Å². The number of hydrogen-bond donors (Lipinski definition) is 8. The van der Waals surface area contributed by atoms with Crippen molar-refractivity contribution in [2.24, 2.45) is 11.8 Å². The predicted octanol–water partition coefficient (Wildman–Crippen LogP) is -0.890. The molecule has 0 aromatic rings. The molecule has 0 saturated carbocycles. The lowest BCUT2D eigenvalue weighted by molar-refractivity contribution is -0.327. The molecule has 22 heteroatoms. The Morgan fingerprint density at radius 2 is 1.06 bits per heavy atom. The summed E-state index contributed by atoms with van der Waals surface area (Å²) in [7, 11) is 2.31. The van der Waals surface area contributed by atoms with E-state index in [4.69, 9.17) is 47.4 Å². The van der Waals surface area contributed by atoms with Crippen molar-refractivity contribution < 1.29 is 107 Å². The molecule has 0 radical (unpaired) electrons. The molecular weight excluding hydrogens is 880 g/mol. The van der Waals surface area contributed by atoms with Crippen LogP contribution in [0, 0.1) is 11.8 Å². The molecule has 0 spiro atoms. The van der Waals surface area contributed by atoms with E-state index < -0.39 is 123 Å². The van der Waals surface area contributed by atoms with E-state index in [0.717, 1.165) is 32.3 Å². The number of carbonyl (C=O) groups is 4. The lowest BCUT2D eigenvalue weighted by Crippen LogP contribution is -2.60. The predicted molar refractivity (Wildman–Crippen MR) is 222 cm³/mol. The Morgan fingerprint density at radius 1 is 0.621 bits per heavy atom. The zero-order valence-corrected chi connectivity index (χ0v) is 37.5. The number of allylic oxidation sites excluding steroid dienone is 4. The minimum absolute atomic E-state index is 0.0151. The van der Waals surface area contributed by atoms with E-state index in [0.29, 0.717) is 18.4 Å². The summed E-state index contributed by atoms with van der Waals surface area (Å²) in [6.45, 7) is 5.25. The molecule has 4 heterocycles. The summed E-state index contributed by atoms with van der Waals surface area (Å²) in [4.78, 5) is 51.6. The van der Waals surface area contributed by atoms with Crippen LogP contribution in [0.5, 0.6) is 0 Å². The van der Waals surface area contributed by atoms with Gasteiger partial charge in [0.25, 0.3) is 0 Å². The topological polar surface area (TPSA) is 322 Å². The second kappa shape index (κ2) is 25.5. The molecular formula is C44H62O22. The molecule has 370 valence electrons. The third kappa shape index (κ3) is 13.5. The van der Waals surface area contributed by atoms with Crippen LogP contribution in [0.15, 0.2) is 70.3 Å². The highest BCUT2D eigenvalue weighted by Crippen LogP contribution is 2.38. The number of rotatable bonds is 19. The highest BCUT2D eigenvalue weighted by Gasteiger charge is 2.48.